The van der Waals surface area contributed by atoms with E-state index in [2.05, 4.69) is 5.32 Å². The van der Waals surface area contributed by atoms with E-state index in [1.54, 1.807) is 0 Å². The molecule has 1 aromatic rings. The second-order valence-corrected chi connectivity index (χ2v) is 6.51. The topological polar surface area (TPSA) is 75.4 Å². The predicted molar refractivity (Wildman–Crippen MR) is 86.3 cm³/mol. The molecule has 22 heavy (non-hydrogen) atoms. The van der Waals surface area contributed by atoms with Gasteiger partial charge in [-0.25, -0.2) is 0 Å². The fourth-order valence-corrected chi connectivity index (χ4v) is 2.59. The van der Waals surface area contributed by atoms with E-state index in [1.807, 2.05) is 49.1 Å². The molecule has 2 amide bonds. The molecule has 0 bridgehead atoms. The van der Waals surface area contributed by atoms with Crippen molar-refractivity contribution in [3.8, 4) is 0 Å². The quantitative estimate of drug-likeness (QED) is 0.882. The van der Waals surface area contributed by atoms with Crippen molar-refractivity contribution in [1.82, 2.24) is 10.2 Å². The monoisotopic (exact) mass is 303 g/mol. The van der Waals surface area contributed by atoms with Crippen LogP contribution in [0.3, 0.4) is 0 Å². The Morgan fingerprint density at radius 2 is 1.82 bits per heavy atom. The third-order valence-corrected chi connectivity index (χ3v) is 4.15. The van der Waals surface area contributed by atoms with Gasteiger partial charge in [0.15, 0.2) is 0 Å². The Balaban J connectivity index is 1.88. The minimum atomic E-state index is -0.381. The van der Waals surface area contributed by atoms with E-state index < -0.39 is 0 Å². The highest BCUT2D eigenvalue weighted by atomic mass is 16.2. The third-order valence-electron chi connectivity index (χ3n) is 4.15. The van der Waals surface area contributed by atoms with Crippen LogP contribution in [0, 0.1) is 5.92 Å². The average molecular weight is 303 g/mol. The van der Waals surface area contributed by atoms with Gasteiger partial charge >= 0.3 is 0 Å². The van der Waals surface area contributed by atoms with Gasteiger partial charge in [0.25, 0.3) is 5.91 Å². The van der Waals surface area contributed by atoms with Crippen LogP contribution in [0.5, 0.6) is 0 Å². The molecule has 3 N–H and O–H groups in total. The van der Waals surface area contributed by atoms with Crippen LogP contribution in [0.1, 0.15) is 37.0 Å². The van der Waals surface area contributed by atoms with Gasteiger partial charge in [-0.3, -0.25) is 9.59 Å². The van der Waals surface area contributed by atoms with E-state index in [4.69, 9.17) is 5.73 Å². The van der Waals surface area contributed by atoms with Gasteiger partial charge in [0.05, 0.1) is 0 Å². The first-order valence-electron chi connectivity index (χ1n) is 7.79. The number of hydrogen-bond acceptors (Lipinski definition) is 3. The number of benzene rings is 1. The third kappa shape index (κ3) is 4.07. The van der Waals surface area contributed by atoms with Crippen molar-refractivity contribution in [1.29, 1.82) is 0 Å². The summed E-state index contributed by atoms with van der Waals surface area (Å²) in [6.07, 6.45) is 1.40. The lowest BCUT2D eigenvalue weighted by molar-refractivity contribution is -0.127. The molecular weight excluding hydrogens is 278 g/mol. The number of hydrogen-bond donors (Lipinski definition) is 2. The van der Waals surface area contributed by atoms with Crippen molar-refractivity contribution in [3.63, 3.8) is 0 Å². The number of rotatable bonds is 4. The fraction of sp³-hybridized carbons (Fsp3) is 0.529. The molecule has 1 aliphatic rings. The van der Waals surface area contributed by atoms with Gasteiger partial charge < -0.3 is 16.0 Å². The smallest absolute Gasteiger partial charge is 0.253 e. The summed E-state index contributed by atoms with van der Waals surface area (Å²) in [6.45, 7) is 5.48. The van der Waals surface area contributed by atoms with Crippen molar-refractivity contribution in [2.45, 2.75) is 32.2 Å². The highest BCUT2D eigenvalue weighted by Crippen LogP contribution is 2.20. The first-order chi connectivity index (χ1) is 10.4. The SMILES string of the molecule is CC(C)(CN)NC(=O)C1CCN(C(=O)c2ccccc2)CC1. The minimum Gasteiger partial charge on any atom is -0.350 e. The van der Waals surface area contributed by atoms with Crippen LogP contribution < -0.4 is 11.1 Å². The molecule has 0 aliphatic carbocycles. The Kier molecular flexibility index (Phi) is 5.19. The maximum Gasteiger partial charge on any atom is 0.253 e. The molecular formula is C17H25N3O2. The van der Waals surface area contributed by atoms with Crippen LogP contribution in [-0.4, -0.2) is 41.9 Å². The number of carbonyl (C=O) groups excluding carboxylic acids is 2. The van der Waals surface area contributed by atoms with E-state index in [-0.39, 0.29) is 23.3 Å². The molecule has 0 atom stereocenters. The van der Waals surface area contributed by atoms with E-state index in [9.17, 15) is 9.59 Å². The number of piperidine rings is 1. The van der Waals surface area contributed by atoms with Gasteiger partial charge in [-0.1, -0.05) is 18.2 Å². The molecule has 5 nitrogen and oxygen atoms in total. The molecule has 1 fully saturated rings. The predicted octanol–water partition coefficient (Wildman–Crippen LogP) is 1.39. The van der Waals surface area contributed by atoms with Gasteiger partial charge in [-0.15, -0.1) is 0 Å². The van der Waals surface area contributed by atoms with Gasteiger partial charge in [-0.2, -0.15) is 0 Å². The van der Waals surface area contributed by atoms with Gasteiger partial charge in [0.2, 0.25) is 5.91 Å². The number of nitrogens with one attached hydrogen (secondary N) is 1. The molecule has 0 aromatic heterocycles. The molecule has 1 aromatic carbocycles. The Bertz CT molecular complexity index is 520. The lowest BCUT2D eigenvalue weighted by atomic mass is 9.94. The Morgan fingerprint density at radius 3 is 2.36 bits per heavy atom. The van der Waals surface area contributed by atoms with Crippen LogP contribution in [-0.2, 0) is 4.79 Å². The van der Waals surface area contributed by atoms with E-state index >= 15 is 0 Å². The standard InChI is InChI=1S/C17H25N3O2/c1-17(2,12-18)19-15(21)13-8-10-20(11-9-13)16(22)14-6-4-3-5-7-14/h3-7,13H,8-12,18H2,1-2H3,(H,19,21). The second kappa shape index (κ2) is 6.92. The van der Waals surface area contributed by atoms with Crippen LogP contribution in [0.4, 0.5) is 0 Å². The highest BCUT2D eigenvalue weighted by molar-refractivity contribution is 5.94. The molecule has 0 radical (unpaired) electrons. The summed E-state index contributed by atoms with van der Waals surface area (Å²) in [5, 5.41) is 2.98. The largest absolute Gasteiger partial charge is 0.350 e. The number of carbonyl (C=O) groups is 2. The summed E-state index contributed by atoms with van der Waals surface area (Å²) >= 11 is 0. The molecule has 0 saturated carbocycles. The van der Waals surface area contributed by atoms with E-state index in [0.717, 1.165) is 0 Å². The fourth-order valence-electron chi connectivity index (χ4n) is 2.59. The summed E-state index contributed by atoms with van der Waals surface area (Å²) in [4.78, 5) is 26.4. The lowest BCUT2D eigenvalue weighted by Gasteiger charge is -2.33. The van der Waals surface area contributed by atoms with Gasteiger partial charge in [0.1, 0.15) is 0 Å². The lowest BCUT2D eigenvalue weighted by Crippen LogP contribution is -2.52. The first-order valence-corrected chi connectivity index (χ1v) is 7.79. The Morgan fingerprint density at radius 1 is 1.23 bits per heavy atom. The highest BCUT2D eigenvalue weighted by Gasteiger charge is 2.30. The van der Waals surface area contributed by atoms with E-state index in [1.165, 1.54) is 0 Å². The Hall–Kier alpha value is -1.88. The summed E-state index contributed by atoms with van der Waals surface area (Å²) in [5.74, 6) is 0.0506. The molecule has 1 aliphatic heterocycles. The van der Waals surface area contributed by atoms with Crippen LogP contribution in [0.2, 0.25) is 0 Å². The molecule has 5 heteroatoms. The summed E-state index contributed by atoms with van der Waals surface area (Å²) < 4.78 is 0. The number of nitrogens with zero attached hydrogens (tertiary/aromatic N) is 1. The molecule has 2 rings (SSSR count). The molecule has 1 heterocycles. The van der Waals surface area contributed by atoms with Crippen molar-refractivity contribution in [2.75, 3.05) is 19.6 Å². The zero-order valence-corrected chi connectivity index (χ0v) is 13.3. The van der Waals surface area contributed by atoms with Crippen molar-refractivity contribution in [2.24, 2.45) is 11.7 Å². The van der Waals surface area contributed by atoms with Gasteiger partial charge in [0, 0.05) is 36.7 Å². The second-order valence-electron chi connectivity index (χ2n) is 6.51. The summed E-state index contributed by atoms with van der Waals surface area (Å²) in [7, 11) is 0. The summed E-state index contributed by atoms with van der Waals surface area (Å²) in [6, 6.07) is 9.27. The molecule has 0 spiro atoms. The van der Waals surface area contributed by atoms with Crippen molar-refractivity contribution >= 4 is 11.8 Å². The zero-order valence-electron chi connectivity index (χ0n) is 13.3. The van der Waals surface area contributed by atoms with E-state index in [0.29, 0.717) is 38.0 Å². The molecule has 120 valence electrons. The molecule has 0 unspecified atom stereocenters. The van der Waals surface area contributed by atoms with Crippen LogP contribution in [0.15, 0.2) is 30.3 Å². The maximum absolute atomic E-state index is 12.4. The molecule has 1 saturated heterocycles. The number of nitrogens with two attached hydrogens (primary N) is 1. The number of likely N-dealkylation sites (tertiary alicyclic amines) is 1. The normalized spacial score (nSPS) is 16.4. The first kappa shape index (κ1) is 16.5. The Labute approximate surface area is 131 Å². The summed E-state index contributed by atoms with van der Waals surface area (Å²) in [5.41, 5.74) is 5.97. The van der Waals surface area contributed by atoms with Crippen LogP contribution in [0.25, 0.3) is 0 Å². The van der Waals surface area contributed by atoms with Gasteiger partial charge in [-0.05, 0) is 38.8 Å². The average Bonchev–Trinajstić information content (AvgIpc) is 2.55. The minimum absolute atomic E-state index is 0.0364. The number of amides is 2. The van der Waals surface area contributed by atoms with Crippen LogP contribution >= 0.6 is 0 Å². The maximum atomic E-state index is 12.4. The zero-order chi connectivity index (χ0) is 16.2. The van der Waals surface area contributed by atoms with Crippen molar-refractivity contribution < 1.29 is 9.59 Å². The van der Waals surface area contributed by atoms with Crippen molar-refractivity contribution in [3.05, 3.63) is 35.9 Å².